The number of aromatic nitrogens is 5. The summed E-state index contributed by atoms with van der Waals surface area (Å²) in [6.07, 6.45) is 3.22. The monoisotopic (exact) mass is 488 g/mol. The van der Waals surface area contributed by atoms with Crippen molar-refractivity contribution in [1.29, 1.82) is 0 Å². The molecular formula is C24H24N8O4. The lowest BCUT2D eigenvalue weighted by molar-refractivity contribution is 0.0706. The van der Waals surface area contributed by atoms with E-state index < -0.39 is 11.9 Å². The zero-order valence-corrected chi connectivity index (χ0v) is 19.8. The van der Waals surface area contributed by atoms with Gasteiger partial charge in [-0.2, -0.15) is 10.1 Å². The van der Waals surface area contributed by atoms with E-state index in [0.29, 0.717) is 22.6 Å². The number of urea groups is 1. The Bertz CT molecular complexity index is 1400. The molecule has 3 aromatic heterocycles. The first-order chi connectivity index (χ1) is 17.4. The zero-order chi connectivity index (χ0) is 25.7. The van der Waals surface area contributed by atoms with Crippen molar-refractivity contribution < 1.29 is 19.5 Å². The number of benzene rings is 1. The van der Waals surface area contributed by atoms with Crippen LogP contribution in [0.4, 0.5) is 10.6 Å². The molecule has 0 aliphatic heterocycles. The molecule has 0 aliphatic carbocycles. The molecule has 12 nitrogen and oxygen atoms in total. The van der Waals surface area contributed by atoms with Crippen molar-refractivity contribution in [3.63, 3.8) is 0 Å². The Morgan fingerprint density at radius 1 is 1.06 bits per heavy atom. The number of carbonyl (C=O) groups is 2. The van der Waals surface area contributed by atoms with Crippen molar-refractivity contribution in [3.8, 4) is 23.0 Å². The van der Waals surface area contributed by atoms with Crippen LogP contribution in [-0.4, -0.2) is 49.0 Å². The molecule has 184 valence electrons. The highest BCUT2D eigenvalue weighted by Gasteiger charge is 2.14. The Morgan fingerprint density at radius 3 is 2.50 bits per heavy atom. The highest BCUT2D eigenvalue weighted by atomic mass is 16.5. The number of anilines is 1. The summed E-state index contributed by atoms with van der Waals surface area (Å²) in [7, 11) is 1.55. The summed E-state index contributed by atoms with van der Waals surface area (Å²) in [6, 6.07) is 11.3. The molecule has 0 saturated heterocycles. The third-order valence-electron chi connectivity index (χ3n) is 5.17. The molecular weight excluding hydrogens is 464 g/mol. The average Bonchev–Trinajstić information content (AvgIpc) is 3.24. The molecule has 0 saturated carbocycles. The van der Waals surface area contributed by atoms with E-state index in [-0.39, 0.29) is 18.3 Å². The second kappa shape index (κ2) is 10.6. The van der Waals surface area contributed by atoms with Crippen LogP contribution < -0.4 is 20.9 Å². The summed E-state index contributed by atoms with van der Waals surface area (Å²) in [5.74, 6) is 0.497. The van der Waals surface area contributed by atoms with Crippen LogP contribution >= 0.6 is 0 Å². The number of hydrogen-bond donors (Lipinski definition) is 4. The van der Waals surface area contributed by atoms with Crippen molar-refractivity contribution in [2.24, 2.45) is 0 Å². The van der Waals surface area contributed by atoms with Gasteiger partial charge in [-0.3, -0.25) is 20.3 Å². The van der Waals surface area contributed by atoms with E-state index in [0.717, 1.165) is 17.0 Å². The first-order valence-electron chi connectivity index (χ1n) is 10.9. The first-order valence-corrected chi connectivity index (χ1v) is 10.9. The summed E-state index contributed by atoms with van der Waals surface area (Å²) in [4.78, 5) is 37.4. The standard InChI is InChI=1S/C24H24N8O4/c1-14-8-15(2)32(30-14)23-27-20(18-9-19(36-3)13-25-12-18)10-21(28-23)29-24(34)26-11-16-4-6-17(7-5-16)22(33)31-35/h4-10,12-13,35H,11H2,1-3H3,(H,31,33)(H2,26,27,28,29,34). The van der Waals surface area contributed by atoms with E-state index in [4.69, 9.17) is 9.94 Å². The van der Waals surface area contributed by atoms with Gasteiger partial charge in [0.25, 0.3) is 11.9 Å². The molecule has 3 heterocycles. The van der Waals surface area contributed by atoms with Crippen molar-refractivity contribution in [3.05, 3.63) is 77.4 Å². The maximum absolute atomic E-state index is 12.6. The summed E-state index contributed by atoms with van der Waals surface area (Å²) >= 11 is 0. The number of hydrogen-bond acceptors (Lipinski definition) is 8. The van der Waals surface area contributed by atoms with E-state index in [1.165, 1.54) is 0 Å². The summed E-state index contributed by atoms with van der Waals surface area (Å²) in [5, 5.41) is 18.6. The molecule has 4 aromatic rings. The van der Waals surface area contributed by atoms with Crippen molar-refractivity contribution >= 4 is 17.8 Å². The minimum absolute atomic E-state index is 0.203. The van der Waals surface area contributed by atoms with Gasteiger partial charge < -0.3 is 10.1 Å². The number of amides is 3. The van der Waals surface area contributed by atoms with Gasteiger partial charge in [-0.15, -0.1) is 0 Å². The van der Waals surface area contributed by atoms with E-state index >= 15 is 0 Å². The van der Waals surface area contributed by atoms with Crippen LogP contribution in [0.2, 0.25) is 0 Å². The highest BCUT2D eigenvalue weighted by Crippen LogP contribution is 2.24. The highest BCUT2D eigenvalue weighted by molar-refractivity contribution is 5.93. The van der Waals surface area contributed by atoms with Crippen LogP contribution in [0.3, 0.4) is 0 Å². The number of nitrogens with one attached hydrogen (secondary N) is 3. The van der Waals surface area contributed by atoms with Gasteiger partial charge in [0.1, 0.15) is 11.6 Å². The number of methoxy groups -OCH3 is 1. The molecule has 0 radical (unpaired) electrons. The van der Waals surface area contributed by atoms with Gasteiger partial charge in [-0.1, -0.05) is 12.1 Å². The Kier molecular flexibility index (Phi) is 7.16. The van der Waals surface area contributed by atoms with Crippen LogP contribution in [-0.2, 0) is 6.54 Å². The number of pyridine rings is 1. The zero-order valence-electron chi connectivity index (χ0n) is 19.8. The maximum atomic E-state index is 12.6. The molecule has 1 aromatic carbocycles. The van der Waals surface area contributed by atoms with Gasteiger partial charge in [-0.05, 0) is 43.7 Å². The summed E-state index contributed by atoms with van der Waals surface area (Å²) in [5.41, 5.74) is 5.46. The first kappa shape index (κ1) is 24.3. The third-order valence-corrected chi connectivity index (χ3v) is 5.17. The number of nitrogens with zero attached hydrogens (tertiary/aromatic N) is 5. The van der Waals surface area contributed by atoms with Gasteiger partial charge in [0.15, 0.2) is 0 Å². The molecule has 0 fully saturated rings. The Balaban J connectivity index is 1.56. The fourth-order valence-corrected chi connectivity index (χ4v) is 3.42. The van der Waals surface area contributed by atoms with Crippen LogP contribution in [0.5, 0.6) is 5.75 Å². The SMILES string of the molecule is COc1cncc(-c2cc(NC(=O)NCc3ccc(C(=O)NO)cc3)nc(-n3nc(C)cc3C)n2)c1. The predicted molar refractivity (Wildman–Crippen MR) is 130 cm³/mol. The van der Waals surface area contributed by atoms with Gasteiger partial charge >= 0.3 is 6.03 Å². The number of aryl methyl sites for hydroxylation is 2. The van der Waals surface area contributed by atoms with E-state index in [2.05, 4.69) is 30.7 Å². The normalized spacial score (nSPS) is 10.6. The molecule has 0 spiro atoms. The molecule has 0 unspecified atom stereocenters. The molecule has 0 bridgehead atoms. The predicted octanol–water partition coefficient (Wildman–Crippen LogP) is 2.79. The van der Waals surface area contributed by atoms with Crippen LogP contribution in [0.1, 0.15) is 27.3 Å². The van der Waals surface area contributed by atoms with E-state index in [1.807, 2.05) is 19.9 Å². The number of hydroxylamine groups is 1. The lowest BCUT2D eigenvalue weighted by Gasteiger charge is -2.12. The van der Waals surface area contributed by atoms with Crippen LogP contribution in [0.25, 0.3) is 17.2 Å². The van der Waals surface area contributed by atoms with Crippen molar-refractivity contribution in [2.75, 3.05) is 12.4 Å². The lowest BCUT2D eigenvalue weighted by Crippen LogP contribution is -2.29. The average molecular weight is 489 g/mol. The van der Waals surface area contributed by atoms with Gasteiger partial charge in [0.05, 0.1) is 24.7 Å². The Hall–Kier alpha value is -4.84. The lowest BCUT2D eigenvalue weighted by atomic mass is 10.1. The van der Waals surface area contributed by atoms with E-state index in [9.17, 15) is 9.59 Å². The number of carbonyl (C=O) groups excluding carboxylic acids is 2. The molecule has 12 heteroatoms. The minimum Gasteiger partial charge on any atom is -0.495 e. The Morgan fingerprint density at radius 2 is 1.83 bits per heavy atom. The summed E-state index contributed by atoms with van der Waals surface area (Å²) in [6.45, 7) is 3.96. The van der Waals surface area contributed by atoms with Crippen molar-refractivity contribution in [2.45, 2.75) is 20.4 Å². The van der Waals surface area contributed by atoms with Crippen LogP contribution in [0.15, 0.2) is 54.9 Å². The molecule has 4 N–H and O–H groups in total. The van der Waals surface area contributed by atoms with Crippen molar-refractivity contribution in [1.82, 2.24) is 35.5 Å². The van der Waals surface area contributed by atoms with Gasteiger partial charge in [0, 0.05) is 35.6 Å². The fraction of sp³-hybridized carbons (Fsp3) is 0.167. The quantitative estimate of drug-likeness (QED) is 0.229. The topological polar surface area (TPSA) is 156 Å². The number of ether oxygens (including phenoxy) is 1. The maximum Gasteiger partial charge on any atom is 0.320 e. The Labute approximate surface area is 206 Å². The second-order valence-corrected chi connectivity index (χ2v) is 7.84. The van der Waals surface area contributed by atoms with Gasteiger partial charge in [-0.25, -0.2) is 19.9 Å². The van der Waals surface area contributed by atoms with Gasteiger partial charge in [0.2, 0.25) is 0 Å². The second-order valence-electron chi connectivity index (χ2n) is 7.84. The smallest absolute Gasteiger partial charge is 0.320 e. The van der Waals surface area contributed by atoms with E-state index in [1.54, 1.807) is 66.1 Å². The summed E-state index contributed by atoms with van der Waals surface area (Å²) < 4.78 is 6.87. The molecule has 0 aliphatic rings. The molecule has 36 heavy (non-hydrogen) atoms. The largest absolute Gasteiger partial charge is 0.495 e. The molecule has 3 amide bonds. The molecule has 0 atom stereocenters. The molecule has 4 rings (SSSR count). The fourth-order valence-electron chi connectivity index (χ4n) is 3.42. The van der Waals surface area contributed by atoms with Crippen LogP contribution in [0, 0.1) is 13.8 Å². The number of rotatable bonds is 7. The third kappa shape index (κ3) is 5.62. The minimum atomic E-state index is -0.614.